The van der Waals surface area contributed by atoms with Crippen molar-refractivity contribution in [1.82, 2.24) is 5.32 Å². The molecular weight excluding hydrogens is 336 g/mol. The van der Waals surface area contributed by atoms with Gasteiger partial charge >= 0.3 is 0 Å². The van der Waals surface area contributed by atoms with Gasteiger partial charge in [-0.2, -0.15) is 5.26 Å². The molecule has 2 aromatic rings. The molecule has 2 nitrogen and oxygen atoms in total. The van der Waals surface area contributed by atoms with Crippen LogP contribution in [0, 0.1) is 11.3 Å². The predicted octanol–water partition coefficient (Wildman–Crippen LogP) is 4.82. The maximum absolute atomic E-state index is 8.79. The summed E-state index contributed by atoms with van der Waals surface area (Å²) in [7, 11) is 0. The quantitative estimate of drug-likeness (QED) is 0.858. The third-order valence-electron chi connectivity index (χ3n) is 3.14. The molecule has 0 radical (unpaired) electrons. The molecule has 20 heavy (non-hydrogen) atoms. The second kappa shape index (κ2) is 6.90. The number of nitrogens with one attached hydrogen (secondary N) is 1. The molecule has 0 aliphatic heterocycles. The van der Waals surface area contributed by atoms with Crippen molar-refractivity contribution >= 4 is 27.5 Å². The van der Waals surface area contributed by atoms with Crippen LogP contribution in [0.15, 0.2) is 46.9 Å². The van der Waals surface area contributed by atoms with Crippen molar-refractivity contribution in [2.75, 3.05) is 0 Å². The van der Waals surface area contributed by atoms with E-state index in [0.717, 1.165) is 27.2 Å². The fourth-order valence-corrected chi connectivity index (χ4v) is 2.33. The largest absolute Gasteiger partial charge is 0.306 e. The van der Waals surface area contributed by atoms with Gasteiger partial charge in [0.2, 0.25) is 0 Å². The van der Waals surface area contributed by atoms with E-state index in [1.165, 1.54) is 0 Å². The molecule has 1 atom stereocenters. The van der Waals surface area contributed by atoms with Crippen molar-refractivity contribution in [2.24, 2.45) is 0 Å². The molecule has 1 unspecified atom stereocenters. The van der Waals surface area contributed by atoms with Gasteiger partial charge in [-0.15, -0.1) is 0 Å². The Hall–Kier alpha value is -1.34. The summed E-state index contributed by atoms with van der Waals surface area (Å²) in [6.07, 6.45) is 0. The zero-order chi connectivity index (χ0) is 14.5. The molecule has 0 bridgehead atoms. The number of hydrogen-bond acceptors (Lipinski definition) is 2. The van der Waals surface area contributed by atoms with E-state index in [1.54, 1.807) is 0 Å². The van der Waals surface area contributed by atoms with Gasteiger partial charge in [-0.1, -0.05) is 29.8 Å². The van der Waals surface area contributed by atoms with Gasteiger partial charge in [0.1, 0.15) is 0 Å². The highest BCUT2D eigenvalue weighted by Crippen LogP contribution is 2.23. The monoisotopic (exact) mass is 348 g/mol. The molecule has 0 saturated heterocycles. The number of nitriles is 1. The Kier molecular flexibility index (Phi) is 5.19. The normalized spacial score (nSPS) is 11.9. The Morgan fingerprint density at radius 2 is 1.95 bits per heavy atom. The Labute approximate surface area is 132 Å². The van der Waals surface area contributed by atoms with Crippen LogP contribution in [-0.4, -0.2) is 0 Å². The maximum Gasteiger partial charge on any atom is 0.0991 e. The summed E-state index contributed by atoms with van der Waals surface area (Å²) in [6, 6.07) is 15.9. The topological polar surface area (TPSA) is 35.8 Å². The summed E-state index contributed by atoms with van der Waals surface area (Å²) in [4.78, 5) is 0. The maximum atomic E-state index is 8.79. The summed E-state index contributed by atoms with van der Waals surface area (Å²) in [5.41, 5.74) is 2.98. The number of rotatable bonds is 4. The molecule has 2 rings (SSSR count). The molecule has 2 aromatic carbocycles. The lowest BCUT2D eigenvalue weighted by Crippen LogP contribution is -2.18. The fourth-order valence-electron chi connectivity index (χ4n) is 1.88. The van der Waals surface area contributed by atoms with Crippen LogP contribution in [0.3, 0.4) is 0 Å². The van der Waals surface area contributed by atoms with E-state index in [9.17, 15) is 0 Å². The predicted molar refractivity (Wildman–Crippen MR) is 85.6 cm³/mol. The first-order valence-corrected chi connectivity index (χ1v) is 7.44. The highest BCUT2D eigenvalue weighted by atomic mass is 79.9. The molecular formula is C16H14BrClN2. The second-order valence-electron chi connectivity index (χ2n) is 4.58. The van der Waals surface area contributed by atoms with E-state index in [0.29, 0.717) is 5.56 Å². The highest BCUT2D eigenvalue weighted by Gasteiger charge is 2.06. The molecule has 4 heteroatoms. The van der Waals surface area contributed by atoms with E-state index in [-0.39, 0.29) is 6.04 Å². The fraction of sp³-hybridized carbons (Fsp3) is 0.188. The van der Waals surface area contributed by atoms with Crippen molar-refractivity contribution in [1.29, 1.82) is 5.26 Å². The summed E-state index contributed by atoms with van der Waals surface area (Å²) in [5, 5.41) is 12.9. The van der Waals surface area contributed by atoms with Gasteiger partial charge < -0.3 is 5.32 Å². The highest BCUT2D eigenvalue weighted by molar-refractivity contribution is 9.10. The zero-order valence-electron chi connectivity index (χ0n) is 11.0. The first-order chi connectivity index (χ1) is 9.60. The number of hydrogen-bond donors (Lipinski definition) is 1. The van der Waals surface area contributed by atoms with Crippen molar-refractivity contribution in [3.63, 3.8) is 0 Å². The molecule has 0 amide bonds. The average molecular weight is 350 g/mol. The van der Waals surface area contributed by atoms with Gasteiger partial charge in [-0.25, -0.2) is 0 Å². The van der Waals surface area contributed by atoms with Gasteiger partial charge in [0.25, 0.3) is 0 Å². The number of nitrogens with zero attached hydrogens (tertiary/aromatic N) is 1. The van der Waals surface area contributed by atoms with Crippen LogP contribution < -0.4 is 5.32 Å². The van der Waals surface area contributed by atoms with Crippen molar-refractivity contribution in [3.8, 4) is 6.07 Å². The van der Waals surface area contributed by atoms with Gasteiger partial charge in [0.05, 0.1) is 16.7 Å². The number of halogens is 2. The molecule has 0 spiro atoms. The minimum Gasteiger partial charge on any atom is -0.306 e. The van der Waals surface area contributed by atoms with Crippen LogP contribution in [0.2, 0.25) is 5.02 Å². The van der Waals surface area contributed by atoms with Crippen LogP contribution in [-0.2, 0) is 6.54 Å². The Balaban J connectivity index is 1.99. The lowest BCUT2D eigenvalue weighted by molar-refractivity contribution is 0.574. The van der Waals surface area contributed by atoms with E-state index in [1.807, 2.05) is 42.5 Å². The van der Waals surface area contributed by atoms with Gasteiger partial charge in [0, 0.05) is 17.1 Å². The molecule has 0 aromatic heterocycles. The third-order valence-corrected chi connectivity index (χ3v) is 4.37. The third kappa shape index (κ3) is 3.83. The summed E-state index contributed by atoms with van der Waals surface area (Å²) in [5.74, 6) is 0. The van der Waals surface area contributed by atoms with E-state index < -0.39 is 0 Å². The molecule has 0 fully saturated rings. The zero-order valence-corrected chi connectivity index (χ0v) is 13.4. The summed E-state index contributed by atoms with van der Waals surface area (Å²) < 4.78 is 0.906. The van der Waals surface area contributed by atoms with E-state index in [4.69, 9.17) is 16.9 Å². The van der Waals surface area contributed by atoms with Gasteiger partial charge in [-0.05, 0) is 58.2 Å². The van der Waals surface area contributed by atoms with Crippen molar-refractivity contribution < 1.29 is 0 Å². The molecule has 1 N–H and O–H groups in total. The van der Waals surface area contributed by atoms with Gasteiger partial charge in [0.15, 0.2) is 0 Å². The lowest BCUT2D eigenvalue weighted by atomic mass is 10.1. The van der Waals surface area contributed by atoms with Crippen molar-refractivity contribution in [2.45, 2.75) is 19.5 Å². The molecule has 0 aliphatic carbocycles. The summed E-state index contributed by atoms with van der Waals surface area (Å²) >= 11 is 9.46. The van der Waals surface area contributed by atoms with Gasteiger partial charge in [-0.3, -0.25) is 0 Å². The number of benzene rings is 2. The smallest absolute Gasteiger partial charge is 0.0991 e. The molecule has 102 valence electrons. The molecule has 0 aliphatic rings. The first kappa shape index (κ1) is 15.1. The van der Waals surface area contributed by atoms with E-state index in [2.05, 4.69) is 34.2 Å². The summed E-state index contributed by atoms with van der Waals surface area (Å²) in [6.45, 7) is 2.84. The Bertz CT molecular complexity index is 632. The SMILES string of the molecule is CC(NCc1ccc(Br)c(Cl)c1)c1ccc(C#N)cc1. The minimum absolute atomic E-state index is 0.213. The van der Waals surface area contributed by atoms with Crippen LogP contribution in [0.4, 0.5) is 0 Å². The van der Waals surface area contributed by atoms with Crippen LogP contribution >= 0.6 is 27.5 Å². The Morgan fingerprint density at radius 1 is 1.25 bits per heavy atom. The standard InChI is InChI=1S/C16H14BrClN2/c1-11(14-5-2-12(9-19)3-6-14)20-10-13-4-7-15(17)16(18)8-13/h2-8,11,20H,10H2,1H3. The molecule has 0 saturated carbocycles. The lowest BCUT2D eigenvalue weighted by Gasteiger charge is -2.14. The van der Waals surface area contributed by atoms with Crippen LogP contribution in [0.5, 0.6) is 0 Å². The van der Waals surface area contributed by atoms with Crippen LogP contribution in [0.1, 0.15) is 29.7 Å². The minimum atomic E-state index is 0.213. The van der Waals surface area contributed by atoms with Crippen LogP contribution in [0.25, 0.3) is 0 Å². The second-order valence-corrected chi connectivity index (χ2v) is 5.85. The Morgan fingerprint density at radius 3 is 2.55 bits per heavy atom. The first-order valence-electron chi connectivity index (χ1n) is 6.27. The average Bonchev–Trinajstić information content (AvgIpc) is 2.48. The van der Waals surface area contributed by atoms with Crippen molar-refractivity contribution in [3.05, 3.63) is 68.7 Å². The van der Waals surface area contributed by atoms with E-state index >= 15 is 0 Å². The molecule has 0 heterocycles.